The highest BCUT2D eigenvalue weighted by Gasteiger charge is 2.11. The Kier molecular flexibility index (Phi) is 4.12. The van der Waals surface area contributed by atoms with Crippen LogP contribution in [0.25, 0.3) is 0 Å². The molecule has 0 aliphatic rings. The van der Waals surface area contributed by atoms with E-state index in [-0.39, 0.29) is 11.4 Å². The Hall–Kier alpha value is -1.52. The van der Waals surface area contributed by atoms with Crippen molar-refractivity contribution in [3.63, 3.8) is 0 Å². The predicted octanol–water partition coefficient (Wildman–Crippen LogP) is 3.22. The minimum absolute atomic E-state index is 0.0924. The molecule has 1 aromatic carbocycles. The van der Waals surface area contributed by atoms with Crippen molar-refractivity contribution >= 4 is 11.6 Å². The van der Waals surface area contributed by atoms with Gasteiger partial charge in [0.1, 0.15) is 11.6 Å². The first-order chi connectivity index (χ1) is 8.99. The van der Waals surface area contributed by atoms with Crippen LogP contribution >= 0.6 is 11.6 Å². The summed E-state index contributed by atoms with van der Waals surface area (Å²) in [6, 6.07) is 4.85. The molecule has 0 saturated carbocycles. The van der Waals surface area contributed by atoms with Crippen LogP contribution in [0.3, 0.4) is 0 Å². The second kappa shape index (κ2) is 5.63. The Morgan fingerprint density at radius 2 is 2.16 bits per heavy atom. The maximum absolute atomic E-state index is 13.8. The van der Waals surface area contributed by atoms with Crippen molar-refractivity contribution in [2.24, 2.45) is 0 Å². The molecule has 3 nitrogen and oxygen atoms in total. The number of hydrogen-bond donors (Lipinski definition) is 1. The Morgan fingerprint density at radius 1 is 1.42 bits per heavy atom. The summed E-state index contributed by atoms with van der Waals surface area (Å²) in [7, 11) is 0. The van der Waals surface area contributed by atoms with Crippen molar-refractivity contribution in [1.29, 1.82) is 0 Å². The minimum Gasteiger partial charge on any atom is -0.389 e. The predicted molar refractivity (Wildman–Crippen MR) is 71.6 cm³/mol. The molecule has 0 bridgehead atoms. The van der Waals surface area contributed by atoms with Crippen molar-refractivity contribution < 1.29 is 9.50 Å². The van der Waals surface area contributed by atoms with Crippen molar-refractivity contribution in [1.82, 2.24) is 9.97 Å². The third-order valence-corrected chi connectivity index (χ3v) is 3.19. The normalized spacial score (nSPS) is 12.5. The Bertz CT molecular complexity index is 602. The topological polar surface area (TPSA) is 46.0 Å². The van der Waals surface area contributed by atoms with Crippen molar-refractivity contribution in [3.8, 4) is 0 Å². The molecule has 1 aromatic heterocycles. The molecule has 0 saturated heterocycles. The van der Waals surface area contributed by atoms with Crippen LogP contribution in [-0.2, 0) is 6.42 Å². The average molecular weight is 281 g/mol. The van der Waals surface area contributed by atoms with Gasteiger partial charge >= 0.3 is 0 Å². The van der Waals surface area contributed by atoms with Crippen molar-refractivity contribution in [2.75, 3.05) is 0 Å². The molecular formula is C14H14ClFN2O. The van der Waals surface area contributed by atoms with Gasteiger partial charge in [-0.15, -0.1) is 0 Å². The molecule has 0 fully saturated rings. The lowest BCUT2D eigenvalue weighted by Crippen LogP contribution is -2.05. The van der Waals surface area contributed by atoms with Gasteiger partial charge in [-0.25, -0.2) is 14.4 Å². The lowest BCUT2D eigenvalue weighted by Gasteiger charge is -2.09. The SMILES string of the molecule is Cc1nc(Cc2cccc(Cl)c2F)ncc1[C@H](C)O. The van der Waals surface area contributed by atoms with Gasteiger partial charge in [-0.1, -0.05) is 23.7 Å². The molecule has 100 valence electrons. The van der Waals surface area contributed by atoms with Crippen LogP contribution in [0.1, 0.15) is 35.7 Å². The molecule has 1 heterocycles. The van der Waals surface area contributed by atoms with E-state index in [0.717, 1.165) is 0 Å². The van der Waals surface area contributed by atoms with Gasteiger partial charge in [0.05, 0.1) is 11.1 Å². The summed E-state index contributed by atoms with van der Waals surface area (Å²) in [6.45, 7) is 3.45. The smallest absolute Gasteiger partial charge is 0.145 e. The van der Waals surface area contributed by atoms with Crippen LogP contribution in [0.15, 0.2) is 24.4 Å². The lowest BCUT2D eigenvalue weighted by molar-refractivity contribution is 0.197. The number of aromatic nitrogens is 2. The summed E-state index contributed by atoms with van der Waals surface area (Å²) < 4.78 is 13.8. The number of nitrogens with zero attached hydrogens (tertiary/aromatic N) is 2. The van der Waals surface area contributed by atoms with Gasteiger partial charge in [-0.3, -0.25) is 0 Å². The monoisotopic (exact) mass is 280 g/mol. The number of aliphatic hydroxyl groups is 1. The van der Waals surface area contributed by atoms with Gasteiger partial charge in [0.2, 0.25) is 0 Å². The molecule has 19 heavy (non-hydrogen) atoms. The standard InChI is InChI=1S/C14H14ClFN2O/c1-8-11(9(2)19)7-17-13(18-8)6-10-4-3-5-12(15)14(10)16/h3-5,7,9,19H,6H2,1-2H3/t9-/m0/s1. The first-order valence-corrected chi connectivity index (χ1v) is 6.30. The minimum atomic E-state index is -0.614. The zero-order valence-corrected chi connectivity index (χ0v) is 11.4. The number of hydrogen-bond acceptors (Lipinski definition) is 3. The molecule has 2 rings (SSSR count). The zero-order valence-electron chi connectivity index (χ0n) is 10.7. The highest BCUT2D eigenvalue weighted by molar-refractivity contribution is 6.30. The van der Waals surface area contributed by atoms with Crippen LogP contribution in [-0.4, -0.2) is 15.1 Å². The molecule has 2 aromatic rings. The van der Waals surface area contributed by atoms with Crippen molar-refractivity contribution in [2.45, 2.75) is 26.4 Å². The summed E-state index contributed by atoms with van der Waals surface area (Å²) in [4.78, 5) is 8.43. The van der Waals surface area contributed by atoms with E-state index in [1.165, 1.54) is 6.07 Å². The van der Waals surface area contributed by atoms with Crippen LogP contribution in [0, 0.1) is 12.7 Å². The average Bonchev–Trinajstić information content (AvgIpc) is 2.34. The third kappa shape index (κ3) is 3.08. The number of benzene rings is 1. The van der Waals surface area contributed by atoms with E-state index in [0.29, 0.717) is 22.6 Å². The number of aliphatic hydroxyl groups excluding tert-OH is 1. The van der Waals surface area contributed by atoms with E-state index in [2.05, 4.69) is 9.97 Å². The maximum atomic E-state index is 13.8. The summed E-state index contributed by atoms with van der Waals surface area (Å²) in [6.07, 6.45) is 1.23. The van der Waals surface area contributed by atoms with Gasteiger partial charge in [-0.2, -0.15) is 0 Å². The van der Waals surface area contributed by atoms with Gasteiger partial charge in [0.25, 0.3) is 0 Å². The first-order valence-electron chi connectivity index (χ1n) is 5.92. The highest BCUT2D eigenvalue weighted by atomic mass is 35.5. The van der Waals surface area contributed by atoms with E-state index in [1.54, 1.807) is 32.2 Å². The fourth-order valence-electron chi connectivity index (χ4n) is 1.88. The largest absolute Gasteiger partial charge is 0.389 e. The molecule has 5 heteroatoms. The maximum Gasteiger partial charge on any atom is 0.145 e. The zero-order chi connectivity index (χ0) is 14.0. The fourth-order valence-corrected chi connectivity index (χ4v) is 2.07. The van der Waals surface area contributed by atoms with Crippen LogP contribution in [0.2, 0.25) is 5.02 Å². The number of aryl methyl sites for hydroxylation is 1. The van der Waals surface area contributed by atoms with E-state index in [9.17, 15) is 9.50 Å². The quantitative estimate of drug-likeness (QED) is 0.939. The molecule has 0 unspecified atom stereocenters. The number of halogens is 2. The van der Waals surface area contributed by atoms with E-state index < -0.39 is 11.9 Å². The first kappa shape index (κ1) is 13.9. The Morgan fingerprint density at radius 3 is 2.79 bits per heavy atom. The van der Waals surface area contributed by atoms with E-state index >= 15 is 0 Å². The summed E-state index contributed by atoms with van der Waals surface area (Å²) in [5.41, 5.74) is 1.83. The Balaban J connectivity index is 2.29. The molecule has 0 aliphatic heterocycles. The Labute approximate surface area is 116 Å². The summed E-state index contributed by atoms with van der Waals surface area (Å²) >= 11 is 5.73. The number of rotatable bonds is 3. The van der Waals surface area contributed by atoms with Gasteiger partial charge in [0, 0.05) is 23.9 Å². The second-order valence-corrected chi connectivity index (χ2v) is 4.80. The molecule has 1 atom stereocenters. The fraction of sp³-hybridized carbons (Fsp3) is 0.286. The van der Waals surface area contributed by atoms with E-state index in [4.69, 9.17) is 11.6 Å². The van der Waals surface area contributed by atoms with Crippen LogP contribution in [0.5, 0.6) is 0 Å². The van der Waals surface area contributed by atoms with Crippen LogP contribution < -0.4 is 0 Å². The van der Waals surface area contributed by atoms with Gasteiger partial charge < -0.3 is 5.11 Å². The molecule has 0 aliphatic carbocycles. The second-order valence-electron chi connectivity index (χ2n) is 4.39. The highest BCUT2D eigenvalue weighted by Crippen LogP contribution is 2.20. The molecule has 1 N–H and O–H groups in total. The molecule has 0 spiro atoms. The molecular weight excluding hydrogens is 267 g/mol. The van der Waals surface area contributed by atoms with Crippen LogP contribution in [0.4, 0.5) is 4.39 Å². The molecule has 0 radical (unpaired) electrons. The van der Waals surface area contributed by atoms with E-state index in [1.807, 2.05) is 0 Å². The molecule has 0 amide bonds. The summed E-state index contributed by atoms with van der Waals surface area (Å²) in [5, 5.41) is 9.60. The summed E-state index contributed by atoms with van der Waals surface area (Å²) in [5.74, 6) is 0.0630. The van der Waals surface area contributed by atoms with Gasteiger partial charge in [-0.05, 0) is 25.5 Å². The lowest BCUT2D eigenvalue weighted by atomic mass is 10.1. The third-order valence-electron chi connectivity index (χ3n) is 2.90. The van der Waals surface area contributed by atoms with Gasteiger partial charge in [0.15, 0.2) is 0 Å². The van der Waals surface area contributed by atoms with Crippen molar-refractivity contribution in [3.05, 3.63) is 57.9 Å².